The molecule has 0 heterocycles. The van der Waals surface area contributed by atoms with E-state index in [1.807, 2.05) is 0 Å². The number of halogens is 5. The van der Waals surface area contributed by atoms with Crippen molar-refractivity contribution in [1.82, 2.24) is 4.31 Å². The highest BCUT2D eigenvalue weighted by molar-refractivity contribution is 7.91. The number of sulfonamides is 1. The van der Waals surface area contributed by atoms with Gasteiger partial charge in [0.1, 0.15) is 15.6 Å². The molecule has 0 aliphatic heterocycles. The Morgan fingerprint density at radius 3 is 1.81 bits per heavy atom. The number of phenolic OH excluding ortho intramolecular Hbond substituents is 2. The molecule has 222 valence electrons. The minimum absolute atomic E-state index is 0.00617. The van der Waals surface area contributed by atoms with Crippen LogP contribution in [0.1, 0.15) is 16.7 Å². The van der Waals surface area contributed by atoms with Crippen molar-refractivity contribution in [3.63, 3.8) is 0 Å². The van der Waals surface area contributed by atoms with Crippen LogP contribution in [0.4, 0.5) is 4.39 Å². The predicted molar refractivity (Wildman–Crippen MR) is 161 cm³/mol. The summed E-state index contributed by atoms with van der Waals surface area (Å²) in [6.45, 7) is -0.395. The average molecular weight is 693 g/mol. The van der Waals surface area contributed by atoms with Crippen LogP contribution in [0.15, 0.2) is 82.6 Å². The summed E-state index contributed by atoms with van der Waals surface area (Å²) >= 11 is 23.8. The van der Waals surface area contributed by atoms with Crippen LogP contribution in [-0.2, 0) is 39.4 Å². The Hall–Kier alpha value is -2.57. The lowest BCUT2D eigenvalue weighted by Gasteiger charge is -2.24. The summed E-state index contributed by atoms with van der Waals surface area (Å²) in [4.78, 5) is -0.905. The molecule has 4 aromatic carbocycles. The molecule has 14 heteroatoms. The monoisotopic (exact) mass is 691 g/mol. The molecule has 0 saturated carbocycles. The van der Waals surface area contributed by atoms with Crippen LogP contribution in [0, 0.1) is 5.82 Å². The second kappa shape index (κ2) is 13.0. The standard InChI is InChI=1S/C28H22Cl4FNO6S2/c29-20-11-23(31)27(35)25(13-20)41(37,38)9-8-17-2-1-3-19(10-17)16-34(15-18-4-6-22(33)7-5-18)42(39,40)26-14-21(30)12-24(32)28(26)36/h1-7,10-14,35-36H,8-9,15-16H2. The molecular weight excluding hydrogens is 671 g/mol. The zero-order valence-corrected chi connectivity index (χ0v) is 26.1. The summed E-state index contributed by atoms with van der Waals surface area (Å²) < 4.78 is 68.0. The lowest BCUT2D eigenvalue weighted by molar-refractivity contribution is 0.394. The molecule has 2 N–H and O–H groups in total. The van der Waals surface area contributed by atoms with Crippen molar-refractivity contribution in [3.05, 3.63) is 115 Å². The minimum Gasteiger partial charge on any atom is -0.505 e. The first-order valence-electron chi connectivity index (χ1n) is 12.1. The van der Waals surface area contributed by atoms with E-state index in [-0.39, 0.29) is 39.6 Å². The first-order chi connectivity index (χ1) is 19.7. The molecule has 0 radical (unpaired) electrons. The van der Waals surface area contributed by atoms with Gasteiger partial charge in [0.2, 0.25) is 10.0 Å². The lowest BCUT2D eigenvalue weighted by atomic mass is 10.1. The van der Waals surface area contributed by atoms with E-state index < -0.39 is 52.7 Å². The number of hydrogen-bond donors (Lipinski definition) is 2. The molecule has 0 amide bonds. The molecule has 0 atom stereocenters. The third kappa shape index (κ3) is 7.49. The van der Waals surface area contributed by atoms with Crippen molar-refractivity contribution in [2.45, 2.75) is 29.3 Å². The number of phenols is 2. The van der Waals surface area contributed by atoms with Crippen molar-refractivity contribution in [3.8, 4) is 11.5 Å². The summed E-state index contributed by atoms with van der Waals surface area (Å²) in [5.74, 6) is -2.16. The van der Waals surface area contributed by atoms with Crippen LogP contribution in [0.2, 0.25) is 20.1 Å². The summed E-state index contributed by atoms with van der Waals surface area (Å²) in [5, 5.41) is 20.2. The minimum atomic E-state index is -4.41. The van der Waals surface area contributed by atoms with E-state index in [2.05, 4.69) is 0 Å². The Morgan fingerprint density at radius 1 is 0.667 bits per heavy atom. The number of sulfone groups is 1. The first-order valence-corrected chi connectivity index (χ1v) is 16.7. The van der Waals surface area contributed by atoms with Crippen LogP contribution in [0.25, 0.3) is 0 Å². The van der Waals surface area contributed by atoms with Crippen molar-refractivity contribution >= 4 is 66.3 Å². The van der Waals surface area contributed by atoms with Gasteiger partial charge in [-0.15, -0.1) is 0 Å². The van der Waals surface area contributed by atoms with Crippen LogP contribution < -0.4 is 0 Å². The third-order valence-electron chi connectivity index (χ3n) is 6.22. The van der Waals surface area contributed by atoms with Gasteiger partial charge in [-0.25, -0.2) is 21.2 Å². The van der Waals surface area contributed by atoms with Crippen molar-refractivity contribution in [2.75, 3.05) is 5.75 Å². The van der Waals surface area contributed by atoms with Gasteiger partial charge < -0.3 is 10.2 Å². The number of rotatable bonds is 10. The molecule has 4 aromatic rings. The van der Waals surface area contributed by atoms with E-state index in [1.165, 1.54) is 36.4 Å². The molecule has 0 unspecified atom stereocenters. The fourth-order valence-corrected chi connectivity index (χ4v) is 8.34. The molecule has 0 aromatic heterocycles. The summed E-state index contributed by atoms with van der Waals surface area (Å²) in [5.41, 5.74) is 1.53. The maximum Gasteiger partial charge on any atom is 0.247 e. The quantitative estimate of drug-likeness (QED) is 0.181. The largest absolute Gasteiger partial charge is 0.505 e. The fourth-order valence-electron chi connectivity index (χ4n) is 4.13. The highest BCUT2D eigenvalue weighted by Gasteiger charge is 2.30. The molecule has 0 saturated heterocycles. The number of hydrogen-bond acceptors (Lipinski definition) is 6. The van der Waals surface area contributed by atoms with E-state index in [1.54, 1.807) is 24.3 Å². The second-order valence-electron chi connectivity index (χ2n) is 9.26. The Balaban J connectivity index is 1.64. The van der Waals surface area contributed by atoms with Crippen molar-refractivity contribution < 1.29 is 31.4 Å². The van der Waals surface area contributed by atoms with Gasteiger partial charge in [-0.05, 0) is 59.5 Å². The van der Waals surface area contributed by atoms with Crippen molar-refractivity contribution in [1.29, 1.82) is 0 Å². The Bertz CT molecular complexity index is 1850. The van der Waals surface area contributed by atoms with Crippen LogP contribution in [0.5, 0.6) is 11.5 Å². The van der Waals surface area contributed by atoms with E-state index in [0.29, 0.717) is 16.7 Å². The molecule has 0 aliphatic rings. The Morgan fingerprint density at radius 2 is 1.19 bits per heavy atom. The van der Waals surface area contributed by atoms with E-state index >= 15 is 0 Å². The SMILES string of the molecule is O=S(=O)(CCc1cccc(CN(Cc2ccc(F)cc2)S(=O)(=O)c2cc(Cl)cc(Cl)c2O)c1)c1cc(Cl)cc(Cl)c1O. The van der Waals surface area contributed by atoms with Gasteiger partial charge in [-0.1, -0.05) is 82.8 Å². The molecule has 0 aliphatic carbocycles. The molecule has 0 fully saturated rings. The average Bonchev–Trinajstić information content (AvgIpc) is 2.92. The van der Waals surface area contributed by atoms with Gasteiger partial charge in [0, 0.05) is 23.1 Å². The zero-order valence-electron chi connectivity index (χ0n) is 21.4. The highest BCUT2D eigenvalue weighted by Crippen LogP contribution is 2.37. The van der Waals surface area contributed by atoms with Gasteiger partial charge in [0.25, 0.3) is 0 Å². The van der Waals surface area contributed by atoms with Gasteiger partial charge >= 0.3 is 0 Å². The lowest BCUT2D eigenvalue weighted by Crippen LogP contribution is -2.30. The van der Waals surface area contributed by atoms with Gasteiger partial charge in [-0.2, -0.15) is 4.31 Å². The maximum atomic E-state index is 13.8. The predicted octanol–water partition coefficient (Wildman–Crippen LogP) is 7.26. The zero-order chi connectivity index (χ0) is 30.8. The van der Waals surface area contributed by atoms with Gasteiger partial charge in [0.15, 0.2) is 21.3 Å². The highest BCUT2D eigenvalue weighted by atomic mass is 35.5. The summed E-state index contributed by atoms with van der Waals surface area (Å²) in [6, 6.07) is 16.5. The fraction of sp³-hybridized carbons (Fsp3) is 0.143. The summed E-state index contributed by atoms with van der Waals surface area (Å²) in [6.07, 6.45) is 0.0230. The first kappa shape index (κ1) is 32.3. The van der Waals surface area contributed by atoms with E-state index in [4.69, 9.17) is 46.4 Å². The van der Waals surface area contributed by atoms with Crippen molar-refractivity contribution in [2.24, 2.45) is 0 Å². The normalized spacial score (nSPS) is 12.1. The van der Waals surface area contributed by atoms with Gasteiger partial charge in [0.05, 0.1) is 15.8 Å². The topological polar surface area (TPSA) is 112 Å². The smallest absolute Gasteiger partial charge is 0.247 e. The number of benzene rings is 4. The maximum absolute atomic E-state index is 13.8. The summed E-state index contributed by atoms with van der Waals surface area (Å²) in [7, 11) is -8.40. The molecule has 4 rings (SSSR count). The number of nitrogens with zero attached hydrogens (tertiary/aromatic N) is 1. The molecular formula is C28H22Cl4FNO6S2. The molecule has 7 nitrogen and oxygen atoms in total. The number of aromatic hydroxyl groups is 2. The molecule has 0 bridgehead atoms. The Labute approximate surface area is 262 Å². The second-order valence-corrected chi connectivity index (χ2v) is 14.9. The molecule has 0 spiro atoms. The Kier molecular flexibility index (Phi) is 9.99. The van der Waals surface area contributed by atoms with Gasteiger partial charge in [-0.3, -0.25) is 0 Å². The third-order valence-corrected chi connectivity index (χ3v) is 10.8. The number of aryl methyl sites for hydroxylation is 1. The van der Waals surface area contributed by atoms with Crippen LogP contribution in [-0.4, -0.2) is 37.1 Å². The van der Waals surface area contributed by atoms with E-state index in [9.17, 15) is 31.4 Å². The molecule has 42 heavy (non-hydrogen) atoms. The van der Waals surface area contributed by atoms with Crippen LogP contribution in [0.3, 0.4) is 0 Å². The van der Waals surface area contributed by atoms with E-state index in [0.717, 1.165) is 16.4 Å². The van der Waals surface area contributed by atoms with Crippen LogP contribution >= 0.6 is 46.4 Å².